The Kier molecular flexibility index (Phi) is 6.24. The van der Waals surface area contributed by atoms with Crippen molar-refractivity contribution in [1.29, 1.82) is 0 Å². The van der Waals surface area contributed by atoms with Gasteiger partial charge in [-0.25, -0.2) is 4.79 Å². The molecule has 0 bridgehead atoms. The number of amides is 4. The van der Waals surface area contributed by atoms with E-state index in [-0.39, 0.29) is 18.5 Å². The number of aryl methyl sites for hydroxylation is 2. The molecule has 32 heavy (non-hydrogen) atoms. The number of carbonyl (C=O) groups excluding carboxylic acids is 3. The second kappa shape index (κ2) is 8.94. The number of halogens is 1. The standard InChI is InChI=1S/C25H28ClN3O3/c1-3-25(20-10-12-21(26)13-11-20)23(31)29(24(32)28-25)15-22(30)27-16(2)18-9-8-17-6-4-5-7-19(17)14-18/h8-14,16H,3-7,15H2,1-2H3,(H,27,30)(H,28,32). The van der Waals surface area contributed by atoms with Crippen LogP contribution >= 0.6 is 11.6 Å². The van der Waals surface area contributed by atoms with E-state index >= 15 is 0 Å². The quantitative estimate of drug-likeness (QED) is 0.641. The van der Waals surface area contributed by atoms with E-state index in [0.717, 1.165) is 23.3 Å². The van der Waals surface area contributed by atoms with E-state index in [1.54, 1.807) is 24.3 Å². The highest BCUT2D eigenvalue weighted by molar-refractivity contribution is 6.30. The van der Waals surface area contributed by atoms with Crippen LogP contribution < -0.4 is 10.6 Å². The maximum absolute atomic E-state index is 13.2. The van der Waals surface area contributed by atoms with Crippen LogP contribution in [0.2, 0.25) is 5.02 Å². The SMILES string of the molecule is CCC1(c2ccc(Cl)cc2)NC(=O)N(CC(=O)NC(C)c2ccc3c(c2)CCCC3)C1=O. The molecule has 0 radical (unpaired) electrons. The molecule has 2 atom stereocenters. The number of carbonyl (C=O) groups is 3. The van der Waals surface area contributed by atoms with E-state index in [0.29, 0.717) is 17.0 Å². The van der Waals surface area contributed by atoms with Crippen molar-refractivity contribution in [2.75, 3.05) is 6.54 Å². The van der Waals surface area contributed by atoms with Gasteiger partial charge in [-0.05, 0) is 73.4 Å². The van der Waals surface area contributed by atoms with Crippen molar-refractivity contribution in [3.05, 3.63) is 69.7 Å². The number of nitrogens with one attached hydrogen (secondary N) is 2. The van der Waals surface area contributed by atoms with E-state index in [1.165, 1.54) is 24.0 Å². The van der Waals surface area contributed by atoms with Crippen molar-refractivity contribution >= 4 is 29.4 Å². The summed E-state index contributed by atoms with van der Waals surface area (Å²) in [5.74, 6) is -0.800. The van der Waals surface area contributed by atoms with Crippen LogP contribution in [0.1, 0.15) is 61.4 Å². The van der Waals surface area contributed by atoms with Crippen molar-refractivity contribution < 1.29 is 14.4 Å². The number of fused-ring (bicyclic) bond motifs is 1. The lowest BCUT2D eigenvalue weighted by molar-refractivity contribution is -0.135. The molecule has 1 aliphatic heterocycles. The highest BCUT2D eigenvalue weighted by Crippen LogP contribution is 2.33. The molecule has 2 aromatic rings. The summed E-state index contributed by atoms with van der Waals surface area (Å²) in [6.45, 7) is 3.42. The Hall–Kier alpha value is -2.86. The monoisotopic (exact) mass is 453 g/mol. The van der Waals surface area contributed by atoms with Crippen LogP contribution in [-0.4, -0.2) is 29.3 Å². The van der Waals surface area contributed by atoms with Gasteiger partial charge < -0.3 is 10.6 Å². The highest BCUT2D eigenvalue weighted by atomic mass is 35.5. The van der Waals surface area contributed by atoms with Gasteiger partial charge in [-0.2, -0.15) is 0 Å². The Balaban J connectivity index is 1.45. The second-order valence-electron chi connectivity index (χ2n) is 8.61. The van der Waals surface area contributed by atoms with Crippen LogP contribution in [0.15, 0.2) is 42.5 Å². The molecule has 2 unspecified atom stereocenters. The molecule has 0 spiro atoms. The fourth-order valence-corrected chi connectivity index (χ4v) is 4.81. The largest absolute Gasteiger partial charge is 0.348 e. The summed E-state index contributed by atoms with van der Waals surface area (Å²) < 4.78 is 0. The van der Waals surface area contributed by atoms with Crippen molar-refractivity contribution in [2.24, 2.45) is 0 Å². The van der Waals surface area contributed by atoms with E-state index in [1.807, 2.05) is 19.9 Å². The number of benzene rings is 2. The van der Waals surface area contributed by atoms with Crippen molar-refractivity contribution in [1.82, 2.24) is 15.5 Å². The Morgan fingerprint density at radius 2 is 1.81 bits per heavy atom. The fraction of sp³-hybridized carbons (Fsp3) is 0.400. The van der Waals surface area contributed by atoms with Crippen molar-refractivity contribution in [2.45, 2.75) is 57.5 Å². The lowest BCUT2D eigenvalue weighted by Crippen LogP contribution is -2.45. The fourth-order valence-electron chi connectivity index (χ4n) is 4.68. The molecule has 4 rings (SSSR count). The van der Waals surface area contributed by atoms with Crippen molar-refractivity contribution in [3.63, 3.8) is 0 Å². The molecule has 7 heteroatoms. The van der Waals surface area contributed by atoms with Gasteiger partial charge in [0, 0.05) is 5.02 Å². The van der Waals surface area contributed by atoms with E-state index in [9.17, 15) is 14.4 Å². The Morgan fingerprint density at radius 1 is 1.12 bits per heavy atom. The third-order valence-electron chi connectivity index (χ3n) is 6.59. The van der Waals surface area contributed by atoms with Crippen molar-refractivity contribution in [3.8, 4) is 0 Å². The molecule has 1 saturated heterocycles. The number of urea groups is 1. The molecule has 1 aliphatic carbocycles. The van der Waals surface area contributed by atoms with Crippen LogP contribution in [-0.2, 0) is 28.0 Å². The molecule has 168 valence electrons. The Morgan fingerprint density at radius 3 is 2.50 bits per heavy atom. The van der Waals surface area contributed by atoms with Crippen LogP contribution in [0.4, 0.5) is 4.79 Å². The zero-order valence-corrected chi connectivity index (χ0v) is 19.2. The highest BCUT2D eigenvalue weighted by Gasteiger charge is 2.51. The first-order chi connectivity index (χ1) is 15.3. The molecule has 2 aromatic carbocycles. The van der Waals surface area contributed by atoms with Gasteiger partial charge >= 0.3 is 6.03 Å². The minimum atomic E-state index is -1.19. The first-order valence-corrected chi connectivity index (χ1v) is 11.5. The maximum atomic E-state index is 13.2. The van der Waals surface area contributed by atoms with E-state index in [4.69, 9.17) is 11.6 Å². The first-order valence-electron chi connectivity index (χ1n) is 11.2. The van der Waals surface area contributed by atoms with Gasteiger partial charge in [0.05, 0.1) is 6.04 Å². The molecule has 1 heterocycles. The van der Waals surface area contributed by atoms with Gasteiger partial charge in [0.15, 0.2) is 0 Å². The summed E-state index contributed by atoms with van der Waals surface area (Å²) in [6.07, 6.45) is 4.95. The number of rotatable bonds is 6. The van der Waals surface area contributed by atoms with Crippen LogP contribution in [0.5, 0.6) is 0 Å². The molecular weight excluding hydrogens is 426 g/mol. The average molecular weight is 454 g/mol. The molecule has 4 amide bonds. The maximum Gasteiger partial charge on any atom is 0.325 e. The summed E-state index contributed by atoms with van der Waals surface area (Å²) in [4.78, 5) is 39.6. The zero-order valence-electron chi connectivity index (χ0n) is 18.4. The lowest BCUT2D eigenvalue weighted by atomic mass is 9.87. The zero-order chi connectivity index (χ0) is 22.9. The molecule has 6 nitrogen and oxygen atoms in total. The summed E-state index contributed by atoms with van der Waals surface area (Å²) >= 11 is 5.97. The third kappa shape index (κ3) is 4.11. The van der Waals surface area contributed by atoms with Crippen LogP contribution in [0.3, 0.4) is 0 Å². The normalized spacial score (nSPS) is 21.2. The van der Waals surface area contributed by atoms with Gasteiger partial charge in [0.2, 0.25) is 5.91 Å². The minimum Gasteiger partial charge on any atom is -0.348 e. The van der Waals surface area contributed by atoms with Crippen LogP contribution in [0.25, 0.3) is 0 Å². The Bertz CT molecular complexity index is 1050. The number of hydrogen-bond acceptors (Lipinski definition) is 3. The predicted molar refractivity (Wildman–Crippen MR) is 123 cm³/mol. The minimum absolute atomic E-state index is 0.220. The molecule has 0 saturated carbocycles. The summed E-state index contributed by atoms with van der Waals surface area (Å²) in [5, 5.41) is 6.27. The number of hydrogen-bond donors (Lipinski definition) is 2. The van der Waals surface area contributed by atoms with Gasteiger partial charge in [-0.1, -0.05) is 48.9 Å². The van der Waals surface area contributed by atoms with Gasteiger partial charge in [-0.3, -0.25) is 14.5 Å². The summed E-state index contributed by atoms with van der Waals surface area (Å²) in [6, 6.07) is 12.4. The molecule has 2 N–H and O–H groups in total. The van der Waals surface area contributed by atoms with Crippen LogP contribution in [0, 0.1) is 0 Å². The second-order valence-corrected chi connectivity index (χ2v) is 9.05. The van der Waals surface area contributed by atoms with E-state index in [2.05, 4.69) is 22.8 Å². The number of nitrogens with zero attached hydrogens (tertiary/aromatic N) is 1. The summed E-state index contributed by atoms with van der Waals surface area (Å²) in [7, 11) is 0. The average Bonchev–Trinajstić information content (AvgIpc) is 3.04. The number of imide groups is 1. The van der Waals surface area contributed by atoms with Gasteiger partial charge in [-0.15, -0.1) is 0 Å². The molecule has 1 fully saturated rings. The van der Waals surface area contributed by atoms with Gasteiger partial charge in [0.25, 0.3) is 5.91 Å². The Labute approximate surface area is 193 Å². The first kappa shape index (κ1) is 22.3. The molecule has 0 aromatic heterocycles. The van der Waals surface area contributed by atoms with E-state index < -0.39 is 17.5 Å². The molecular formula is C25H28ClN3O3. The predicted octanol–water partition coefficient (Wildman–Crippen LogP) is 4.25. The lowest BCUT2D eigenvalue weighted by Gasteiger charge is -2.26. The topological polar surface area (TPSA) is 78.5 Å². The summed E-state index contributed by atoms with van der Waals surface area (Å²) in [5.41, 5.74) is 3.22. The smallest absolute Gasteiger partial charge is 0.325 e. The van der Waals surface area contributed by atoms with Gasteiger partial charge in [0.1, 0.15) is 12.1 Å². The third-order valence-corrected chi connectivity index (χ3v) is 6.85. The molecule has 2 aliphatic rings.